The monoisotopic (exact) mass is 277 g/mol. The lowest BCUT2D eigenvalue weighted by Crippen LogP contribution is -2.43. The Bertz CT molecular complexity index is 274. The molecule has 0 aromatic heterocycles. The Morgan fingerprint density at radius 3 is 2.72 bits per heavy atom. The van der Waals surface area contributed by atoms with Gasteiger partial charge in [-0.15, -0.1) is 12.4 Å². The van der Waals surface area contributed by atoms with Gasteiger partial charge >= 0.3 is 0 Å². The first-order valence-corrected chi connectivity index (χ1v) is 6.37. The van der Waals surface area contributed by atoms with Gasteiger partial charge in [-0.1, -0.05) is 6.92 Å². The van der Waals surface area contributed by atoms with Crippen LogP contribution in [0.25, 0.3) is 0 Å². The third kappa shape index (κ3) is 5.69. The van der Waals surface area contributed by atoms with Crippen molar-refractivity contribution in [1.29, 1.82) is 0 Å². The number of nitrogens with zero attached hydrogens (tertiary/aromatic N) is 1. The van der Waals surface area contributed by atoms with Crippen LogP contribution in [0.1, 0.15) is 26.2 Å². The summed E-state index contributed by atoms with van der Waals surface area (Å²) in [6.45, 7) is 5.20. The summed E-state index contributed by atoms with van der Waals surface area (Å²) in [7, 11) is 1.78. The molecule has 0 spiro atoms. The minimum atomic E-state index is -0.134. The van der Waals surface area contributed by atoms with Gasteiger partial charge in [0.1, 0.15) is 0 Å². The number of nitrogens with one attached hydrogen (secondary N) is 2. The first-order chi connectivity index (χ1) is 8.15. The summed E-state index contributed by atoms with van der Waals surface area (Å²) >= 11 is 0. The molecule has 0 saturated carbocycles. The van der Waals surface area contributed by atoms with E-state index in [4.69, 9.17) is 0 Å². The van der Waals surface area contributed by atoms with Crippen LogP contribution in [0.5, 0.6) is 0 Å². The van der Waals surface area contributed by atoms with Gasteiger partial charge in [-0.3, -0.25) is 9.59 Å². The molecule has 1 saturated heterocycles. The predicted octanol–water partition coefficient (Wildman–Crippen LogP) is 0.392. The summed E-state index contributed by atoms with van der Waals surface area (Å²) in [5, 5.41) is 6.09. The quantitative estimate of drug-likeness (QED) is 0.691. The zero-order valence-corrected chi connectivity index (χ0v) is 12.0. The lowest BCUT2D eigenvalue weighted by atomic mass is 9.96. The Kier molecular flexibility index (Phi) is 8.75. The van der Waals surface area contributed by atoms with Gasteiger partial charge in [0, 0.05) is 39.0 Å². The van der Waals surface area contributed by atoms with Gasteiger partial charge in [-0.25, -0.2) is 0 Å². The van der Waals surface area contributed by atoms with E-state index in [1.165, 1.54) is 0 Å². The molecule has 18 heavy (non-hydrogen) atoms. The molecule has 0 radical (unpaired) electrons. The SMILES string of the molecule is CCCNCCNC(=O)C1CCN(C)C(=O)C1.Cl. The molecular weight excluding hydrogens is 254 g/mol. The van der Waals surface area contributed by atoms with Gasteiger partial charge in [0.15, 0.2) is 0 Å². The molecule has 6 heteroatoms. The largest absolute Gasteiger partial charge is 0.355 e. The van der Waals surface area contributed by atoms with Gasteiger partial charge < -0.3 is 15.5 Å². The number of likely N-dealkylation sites (tertiary alicyclic amines) is 1. The van der Waals surface area contributed by atoms with E-state index in [0.717, 1.165) is 25.9 Å². The van der Waals surface area contributed by atoms with Crippen molar-refractivity contribution < 1.29 is 9.59 Å². The van der Waals surface area contributed by atoms with E-state index < -0.39 is 0 Å². The number of piperidine rings is 1. The first-order valence-electron chi connectivity index (χ1n) is 6.37. The third-order valence-electron chi connectivity index (χ3n) is 3.06. The van der Waals surface area contributed by atoms with Crippen LogP contribution < -0.4 is 10.6 Å². The fourth-order valence-corrected chi connectivity index (χ4v) is 1.89. The second kappa shape index (κ2) is 9.16. The maximum atomic E-state index is 11.8. The van der Waals surface area contributed by atoms with Crippen LogP contribution in [0.2, 0.25) is 0 Å². The van der Waals surface area contributed by atoms with E-state index in [9.17, 15) is 9.59 Å². The van der Waals surface area contributed by atoms with Crippen molar-refractivity contribution >= 4 is 24.2 Å². The van der Waals surface area contributed by atoms with E-state index in [0.29, 0.717) is 19.5 Å². The van der Waals surface area contributed by atoms with Crippen LogP contribution in [0, 0.1) is 5.92 Å². The van der Waals surface area contributed by atoms with Crippen molar-refractivity contribution in [2.24, 2.45) is 5.92 Å². The number of carbonyl (C=O) groups excluding carboxylic acids is 2. The van der Waals surface area contributed by atoms with E-state index in [2.05, 4.69) is 17.6 Å². The molecule has 1 atom stereocenters. The van der Waals surface area contributed by atoms with Gasteiger partial charge in [0.05, 0.1) is 0 Å². The van der Waals surface area contributed by atoms with Crippen LogP contribution in [0.15, 0.2) is 0 Å². The summed E-state index contributed by atoms with van der Waals surface area (Å²) in [5.74, 6) is -0.0462. The van der Waals surface area contributed by atoms with E-state index >= 15 is 0 Å². The van der Waals surface area contributed by atoms with Crippen LogP contribution in [0.4, 0.5) is 0 Å². The Labute approximate surface area is 115 Å². The zero-order valence-electron chi connectivity index (χ0n) is 11.2. The highest BCUT2D eigenvalue weighted by Crippen LogP contribution is 2.16. The number of hydrogen-bond acceptors (Lipinski definition) is 3. The topological polar surface area (TPSA) is 61.4 Å². The molecule has 1 rings (SSSR count). The molecule has 0 aliphatic carbocycles. The fraction of sp³-hybridized carbons (Fsp3) is 0.833. The molecule has 2 amide bonds. The average molecular weight is 278 g/mol. The van der Waals surface area contributed by atoms with E-state index in [-0.39, 0.29) is 30.1 Å². The highest BCUT2D eigenvalue weighted by Gasteiger charge is 2.28. The Balaban J connectivity index is 0.00000289. The molecule has 2 N–H and O–H groups in total. The molecule has 0 aromatic rings. The highest BCUT2D eigenvalue weighted by molar-refractivity contribution is 5.86. The molecule has 0 bridgehead atoms. The van der Waals surface area contributed by atoms with Crippen LogP contribution in [-0.4, -0.2) is 49.9 Å². The maximum absolute atomic E-state index is 11.8. The zero-order chi connectivity index (χ0) is 12.7. The molecular formula is C12H24ClN3O2. The summed E-state index contributed by atoms with van der Waals surface area (Å²) in [6, 6.07) is 0. The third-order valence-corrected chi connectivity index (χ3v) is 3.06. The van der Waals surface area contributed by atoms with Crippen LogP contribution in [0.3, 0.4) is 0 Å². The number of rotatable bonds is 6. The van der Waals surface area contributed by atoms with Crippen molar-refractivity contribution in [2.75, 3.05) is 33.2 Å². The summed E-state index contributed by atoms with van der Waals surface area (Å²) in [6.07, 6.45) is 2.22. The van der Waals surface area contributed by atoms with Gasteiger partial charge in [0.25, 0.3) is 0 Å². The van der Waals surface area contributed by atoms with Crippen LogP contribution >= 0.6 is 12.4 Å². The fourth-order valence-electron chi connectivity index (χ4n) is 1.89. The van der Waals surface area contributed by atoms with Crippen molar-refractivity contribution in [3.63, 3.8) is 0 Å². The molecule has 106 valence electrons. The van der Waals surface area contributed by atoms with Crippen molar-refractivity contribution in [3.05, 3.63) is 0 Å². The Hall–Kier alpha value is -0.810. The summed E-state index contributed by atoms with van der Waals surface area (Å²) in [4.78, 5) is 24.9. The number of amides is 2. The smallest absolute Gasteiger partial charge is 0.223 e. The standard InChI is InChI=1S/C12H23N3O2.ClH/c1-3-5-13-6-7-14-12(17)10-4-8-15(2)11(16)9-10;/h10,13H,3-9H2,1-2H3,(H,14,17);1H. The molecule has 1 heterocycles. The van der Waals surface area contributed by atoms with Gasteiger partial charge in [-0.2, -0.15) is 0 Å². The van der Waals surface area contributed by atoms with Gasteiger partial charge in [0.2, 0.25) is 11.8 Å². The molecule has 1 fully saturated rings. The van der Waals surface area contributed by atoms with Crippen molar-refractivity contribution in [1.82, 2.24) is 15.5 Å². The predicted molar refractivity (Wildman–Crippen MR) is 73.8 cm³/mol. The van der Waals surface area contributed by atoms with Crippen molar-refractivity contribution in [2.45, 2.75) is 26.2 Å². The normalized spacial score (nSPS) is 19.3. The molecule has 1 aliphatic rings. The number of halogens is 1. The maximum Gasteiger partial charge on any atom is 0.223 e. The number of carbonyl (C=O) groups is 2. The van der Waals surface area contributed by atoms with Gasteiger partial charge in [-0.05, 0) is 19.4 Å². The second-order valence-electron chi connectivity index (χ2n) is 4.55. The lowest BCUT2D eigenvalue weighted by Gasteiger charge is -2.27. The highest BCUT2D eigenvalue weighted by atomic mass is 35.5. The minimum Gasteiger partial charge on any atom is -0.355 e. The summed E-state index contributed by atoms with van der Waals surface area (Å²) in [5.41, 5.74) is 0. The Morgan fingerprint density at radius 1 is 1.39 bits per heavy atom. The Morgan fingerprint density at radius 2 is 2.11 bits per heavy atom. The van der Waals surface area contributed by atoms with Crippen molar-refractivity contribution in [3.8, 4) is 0 Å². The molecule has 0 aromatic carbocycles. The van der Waals surface area contributed by atoms with E-state index in [1.54, 1.807) is 11.9 Å². The van der Waals surface area contributed by atoms with Crippen LogP contribution in [-0.2, 0) is 9.59 Å². The summed E-state index contributed by atoms with van der Waals surface area (Å²) < 4.78 is 0. The molecule has 1 unspecified atom stereocenters. The lowest BCUT2D eigenvalue weighted by molar-refractivity contribution is -0.139. The second-order valence-corrected chi connectivity index (χ2v) is 4.55. The minimum absolute atomic E-state index is 0. The first kappa shape index (κ1) is 17.2. The molecule has 5 nitrogen and oxygen atoms in total. The molecule has 1 aliphatic heterocycles. The number of hydrogen-bond donors (Lipinski definition) is 2. The average Bonchev–Trinajstić information content (AvgIpc) is 2.32. The van der Waals surface area contributed by atoms with E-state index in [1.807, 2.05) is 0 Å².